The van der Waals surface area contributed by atoms with Gasteiger partial charge in [-0.3, -0.25) is 4.79 Å². The van der Waals surface area contributed by atoms with Gasteiger partial charge in [0.25, 0.3) is 0 Å². The summed E-state index contributed by atoms with van der Waals surface area (Å²) in [5.41, 5.74) is -1.30. The van der Waals surface area contributed by atoms with Crippen molar-refractivity contribution in [1.29, 1.82) is 0 Å². The molecule has 122 valence electrons. The summed E-state index contributed by atoms with van der Waals surface area (Å²) in [5, 5.41) is 3.57. The van der Waals surface area contributed by atoms with E-state index in [-0.39, 0.29) is 18.4 Å². The molecule has 0 atom stereocenters. The van der Waals surface area contributed by atoms with Crippen LogP contribution in [0.5, 0.6) is 0 Å². The Bertz CT molecular complexity index is 527. The van der Waals surface area contributed by atoms with Crippen molar-refractivity contribution in [2.24, 2.45) is 5.92 Å². The van der Waals surface area contributed by atoms with Gasteiger partial charge in [-0.15, -0.1) is 0 Å². The number of nitrogens with zero attached hydrogens (tertiary/aromatic N) is 3. The zero-order chi connectivity index (χ0) is 15.6. The Morgan fingerprint density at radius 3 is 2.86 bits per heavy atom. The van der Waals surface area contributed by atoms with E-state index in [2.05, 4.69) is 19.6 Å². The smallest absolute Gasteiger partial charge is 0.223 e. The third-order valence-electron chi connectivity index (χ3n) is 4.19. The molecule has 6 nitrogen and oxygen atoms in total. The Hall–Kier alpha value is -1.28. The lowest BCUT2D eigenvalue weighted by molar-refractivity contribution is -0.123. The number of hydrogen-bond donors (Lipinski definition) is 1. The predicted molar refractivity (Wildman–Crippen MR) is 81.6 cm³/mol. The van der Waals surface area contributed by atoms with Crippen LogP contribution in [0.4, 0.5) is 9.52 Å². The molecule has 2 fully saturated rings. The molecule has 1 saturated heterocycles. The molecule has 2 aliphatic rings. The molecule has 0 radical (unpaired) electrons. The summed E-state index contributed by atoms with van der Waals surface area (Å²) >= 11 is 1.32. The maximum atomic E-state index is 14.7. The summed E-state index contributed by atoms with van der Waals surface area (Å²) in [5.74, 6) is 0.799. The Labute approximate surface area is 133 Å². The van der Waals surface area contributed by atoms with Gasteiger partial charge in [0, 0.05) is 50.5 Å². The van der Waals surface area contributed by atoms with Gasteiger partial charge in [-0.2, -0.15) is 4.37 Å². The topological polar surface area (TPSA) is 67.3 Å². The monoisotopic (exact) mass is 328 g/mol. The first kappa shape index (κ1) is 15.6. The molecule has 2 heterocycles. The van der Waals surface area contributed by atoms with Crippen LogP contribution in [0, 0.1) is 5.92 Å². The molecule has 0 unspecified atom stereocenters. The molecule has 1 aliphatic heterocycles. The number of aromatic nitrogens is 2. The van der Waals surface area contributed by atoms with Crippen LogP contribution < -0.4 is 10.2 Å². The maximum absolute atomic E-state index is 14.7. The molecule has 1 N–H and O–H groups in total. The van der Waals surface area contributed by atoms with Gasteiger partial charge >= 0.3 is 0 Å². The Morgan fingerprint density at radius 1 is 1.50 bits per heavy atom. The standard InChI is InChI=1S/C14H21FN4O2S/c1-21-8-11-17-13(22-18-11)19-6-4-14(15,5-7-19)9-16-12(20)10-2-3-10/h10H,2-9H2,1H3,(H,16,20). The Balaban J connectivity index is 1.48. The summed E-state index contributed by atoms with van der Waals surface area (Å²) in [6, 6.07) is 0. The number of hydrogen-bond acceptors (Lipinski definition) is 6. The number of anilines is 1. The summed E-state index contributed by atoms with van der Waals surface area (Å²) in [4.78, 5) is 18.1. The van der Waals surface area contributed by atoms with E-state index in [1.807, 2.05) is 0 Å². The average Bonchev–Trinajstić information content (AvgIpc) is 3.27. The number of amides is 1. The summed E-state index contributed by atoms with van der Waals surface area (Å²) in [6.07, 6.45) is 2.69. The number of nitrogens with one attached hydrogen (secondary N) is 1. The quantitative estimate of drug-likeness (QED) is 0.857. The Kier molecular flexibility index (Phi) is 4.58. The highest BCUT2D eigenvalue weighted by atomic mass is 32.1. The van der Waals surface area contributed by atoms with Crippen molar-refractivity contribution < 1.29 is 13.9 Å². The van der Waals surface area contributed by atoms with Gasteiger partial charge < -0.3 is 15.0 Å². The van der Waals surface area contributed by atoms with E-state index in [1.165, 1.54) is 11.5 Å². The molecule has 1 saturated carbocycles. The third-order valence-corrected chi connectivity index (χ3v) is 5.00. The second kappa shape index (κ2) is 6.45. The predicted octanol–water partition coefficient (Wildman–Crippen LogP) is 1.52. The summed E-state index contributed by atoms with van der Waals surface area (Å²) < 4.78 is 24.0. The van der Waals surface area contributed by atoms with Crippen LogP contribution in [0.2, 0.25) is 0 Å². The highest BCUT2D eigenvalue weighted by molar-refractivity contribution is 7.09. The van der Waals surface area contributed by atoms with Crippen molar-refractivity contribution in [3.8, 4) is 0 Å². The zero-order valence-electron chi connectivity index (χ0n) is 12.7. The second-order valence-electron chi connectivity index (χ2n) is 6.06. The van der Waals surface area contributed by atoms with Crippen molar-refractivity contribution >= 4 is 22.6 Å². The van der Waals surface area contributed by atoms with Gasteiger partial charge in [-0.1, -0.05) is 0 Å². The van der Waals surface area contributed by atoms with E-state index < -0.39 is 5.67 Å². The van der Waals surface area contributed by atoms with E-state index in [9.17, 15) is 9.18 Å². The molecule has 1 aliphatic carbocycles. The van der Waals surface area contributed by atoms with Crippen LogP contribution >= 0.6 is 11.5 Å². The Morgan fingerprint density at radius 2 is 2.23 bits per heavy atom. The van der Waals surface area contributed by atoms with Crippen LogP contribution in [0.15, 0.2) is 0 Å². The fourth-order valence-electron chi connectivity index (χ4n) is 2.57. The molecular formula is C14H21FN4O2S. The summed E-state index contributed by atoms with van der Waals surface area (Å²) in [6.45, 7) is 1.71. The van der Waals surface area contributed by atoms with Crippen molar-refractivity contribution in [3.05, 3.63) is 5.82 Å². The lowest BCUT2D eigenvalue weighted by Gasteiger charge is -2.36. The van der Waals surface area contributed by atoms with Gasteiger partial charge in [0.15, 0.2) is 5.82 Å². The summed E-state index contributed by atoms with van der Waals surface area (Å²) in [7, 11) is 1.61. The van der Waals surface area contributed by atoms with Gasteiger partial charge in [-0.05, 0) is 12.8 Å². The second-order valence-corrected chi connectivity index (χ2v) is 6.79. The van der Waals surface area contributed by atoms with Crippen molar-refractivity contribution in [2.45, 2.75) is 38.0 Å². The highest BCUT2D eigenvalue weighted by Gasteiger charge is 2.37. The van der Waals surface area contributed by atoms with Crippen molar-refractivity contribution in [2.75, 3.05) is 31.6 Å². The number of carbonyl (C=O) groups is 1. The minimum Gasteiger partial charge on any atom is -0.377 e. The van der Waals surface area contributed by atoms with Gasteiger partial charge in [-0.25, -0.2) is 9.37 Å². The minimum atomic E-state index is -1.30. The largest absolute Gasteiger partial charge is 0.377 e. The fourth-order valence-corrected chi connectivity index (χ4v) is 3.30. The highest BCUT2D eigenvalue weighted by Crippen LogP contribution is 2.31. The van der Waals surface area contributed by atoms with Crippen LogP contribution in [0.25, 0.3) is 0 Å². The molecule has 1 aromatic heterocycles. The van der Waals surface area contributed by atoms with Crippen LogP contribution in [0.1, 0.15) is 31.5 Å². The number of methoxy groups -OCH3 is 1. The van der Waals surface area contributed by atoms with E-state index in [4.69, 9.17) is 4.74 Å². The molecule has 22 heavy (non-hydrogen) atoms. The molecule has 8 heteroatoms. The zero-order valence-corrected chi connectivity index (χ0v) is 13.5. The maximum Gasteiger partial charge on any atom is 0.223 e. The van der Waals surface area contributed by atoms with E-state index >= 15 is 0 Å². The number of ether oxygens (including phenoxy) is 1. The van der Waals surface area contributed by atoms with Gasteiger partial charge in [0.05, 0.1) is 6.54 Å². The lowest BCUT2D eigenvalue weighted by Crippen LogP contribution is -2.48. The normalized spacial score (nSPS) is 20.9. The number of rotatable bonds is 6. The average molecular weight is 328 g/mol. The first-order valence-electron chi connectivity index (χ1n) is 7.63. The van der Waals surface area contributed by atoms with Crippen LogP contribution in [-0.2, 0) is 16.1 Å². The number of piperidine rings is 1. The molecular weight excluding hydrogens is 307 g/mol. The number of carbonyl (C=O) groups excluding carboxylic acids is 1. The van der Waals surface area contributed by atoms with Gasteiger partial charge in [0.1, 0.15) is 12.3 Å². The van der Waals surface area contributed by atoms with E-state index in [0.29, 0.717) is 38.4 Å². The first-order valence-corrected chi connectivity index (χ1v) is 8.40. The first-order chi connectivity index (χ1) is 10.6. The molecule has 1 amide bonds. The third kappa shape index (κ3) is 3.73. The van der Waals surface area contributed by atoms with Crippen LogP contribution in [0.3, 0.4) is 0 Å². The fraction of sp³-hybridized carbons (Fsp3) is 0.786. The van der Waals surface area contributed by atoms with Crippen molar-refractivity contribution in [1.82, 2.24) is 14.7 Å². The SMILES string of the molecule is COCc1nsc(N2CCC(F)(CNC(=O)C3CC3)CC2)n1. The number of alkyl halides is 1. The van der Waals surface area contributed by atoms with Gasteiger partial charge in [0.2, 0.25) is 11.0 Å². The van der Waals surface area contributed by atoms with Crippen LogP contribution in [-0.4, -0.2) is 47.7 Å². The molecule has 0 bridgehead atoms. The van der Waals surface area contributed by atoms with E-state index in [1.54, 1.807) is 7.11 Å². The van der Waals surface area contributed by atoms with E-state index in [0.717, 1.165) is 18.0 Å². The molecule has 3 rings (SSSR count). The van der Waals surface area contributed by atoms with Crippen molar-refractivity contribution in [3.63, 3.8) is 0 Å². The molecule has 0 spiro atoms. The number of halogens is 1. The minimum absolute atomic E-state index is 0.00721. The lowest BCUT2D eigenvalue weighted by atomic mass is 9.93. The molecule has 1 aromatic rings. The molecule has 0 aromatic carbocycles.